The van der Waals surface area contributed by atoms with Gasteiger partial charge in [0.15, 0.2) is 0 Å². The van der Waals surface area contributed by atoms with Crippen LogP contribution in [0.1, 0.15) is 68.9 Å². The molecular formula is C34H37N3. The van der Waals surface area contributed by atoms with Crippen molar-refractivity contribution in [2.75, 3.05) is 5.32 Å². The average Bonchev–Trinajstić information content (AvgIpc) is 3.06. The average molecular weight is 488 g/mol. The van der Waals surface area contributed by atoms with Crippen molar-refractivity contribution in [1.29, 1.82) is 0 Å². The zero-order valence-electron chi connectivity index (χ0n) is 22.6. The maximum absolute atomic E-state index is 5.34. The fourth-order valence-corrected chi connectivity index (χ4v) is 5.29. The van der Waals surface area contributed by atoms with Crippen LogP contribution in [-0.4, -0.2) is 9.55 Å². The van der Waals surface area contributed by atoms with Crippen molar-refractivity contribution in [1.82, 2.24) is 9.55 Å². The lowest BCUT2D eigenvalue weighted by Gasteiger charge is -2.27. The van der Waals surface area contributed by atoms with Gasteiger partial charge in [0.2, 0.25) is 0 Å². The monoisotopic (exact) mass is 487 g/mol. The lowest BCUT2D eigenvalue weighted by atomic mass is 9.91. The van der Waals surface area contributed by atoms with Crippen LogP contribution < -0.4 is 5.32 Å². The number of aromatic nitrogens is 2. The first-order valence-electron chi connectivity index (χ1n) is 13.4. The Morgan fingerprint density at radius 1 is 0.811 bits per heavy atom. The number of allylic oxidation sites excluding steroid dienone is 4. The first kappa shape index (κ1) is 24.8. The number of imidazole rings is 1. The van der Waals surface area contributed by atoms with Crippen molar-refractivity contribution >= 4 is 16.7 Å². The number of nitrogens with one attached hydrogen (secondary N) is 1. The van der Waals surface area contributed by atoms with E-state index in [-0.39, 0.29) is 6.04 Å². The van der Waals surface area contributed by atoms with Crippen LogP contribution in [0, 0.1) is 0 Å². The summed E-state index contributed by atoms with van der Waals surface area (Å²) in [5.74, 6) is 1.83. The Kier molecular flexibility index (Phi) is 7.14. The highest BCUT2D eigenvalue weighted by Crippen LogP contribution is 2.38. The Labute approximate surface area is 221 Å². The van der Waals surface area contributed by atoms with Gasteiger partial charge in [0, 0.05) is 18.3 Å². The summed E-state index contributed by atoms with van der Waals surface area (Å²) >= 11 is 0. The maximum atomic E-state index is 5.34. The first-order chi connectivity index (χ1) is 18.0. The van der Waals surface area contributed by atoms with E-state index in [1.165, 1.54) is 28.0 Å². The minimum atomic E-state index is -0.0996. The standard InChI is InChI=1S/C34H37N3/c1-23(2)27-19-13-20-28(24(3)4)32(27)35-31(26-17-9-6-7-10-18-26)34-36-33-29(25-15-11-8-12-16-25)21-14-22-30(33)37(34)5/h6,8-24,31,35H,7H2,1-5H3. The number of fused-ring (bicyclic) bond motifs is 1. The molecule has 5 rings (SSSR count). The second kappa shape index (κ2) is 10.6. The molecule has 4 aromatic rings. The maximum Gasteiger partial charge on any atom is 0.136 e. The zero-order valence-corrected chi connectivity index (χ0v) is 22.6. The number of aryl methyl sites for hydroxylation is 1. The van der Waals surface area contributed by atoms with Crippen LogP contribution in [-0.2, 0) is 7.05 Å². The molecule has 3 nitrogen and oxygen atoms in total. The molecule has 0 aliphatic heterocycles. The molecule has 0 amide bonds. The first-order valence-corrected chi connectivity index (χ1v) is 13.4. The summed E-state index contributed by atoms with van der Waals surface area (Å²) in [7, 11) is 2.14. The Morgan fingerprint density at radius 2 is 1.51 bits per heavy atom. The number of rotatable bonds is 7. The lowest BCUT2D eigenvalue weighted by Crippen LogP contribution is -2.19. The Bertz CT molecular complexity index is 1460. The molecule has 1 atom stereocenters. The normalized spacial score (nSPS) is 14.3. The van der Waals surface area contributed by atoms with Gasteiger partial charge < -0.3 is 9.88 Å². The van der Waals surface area contributed by atoms with Gasteiger partial charge in [-0.2, -0.15) is 0 Å². The van der Waals surface area contributed by atoms with E-state index >= 15 is 0 Å². The summed E-state index contributed by atoms with van der Waals surface area (Å²) in [5, 5.41) is 4.02. The largest absolute Gasteiger partial charge is 0.371 e. The molecule has 3 aromatic carbocycles. The number of hydrogen-bond donors (Lipinski definition) is 1. The summed E-state index contributed by atoms with van der Waals surface area (Å²) in [6.45, 7) is 9.09. The van der Waals surface area contributed by atoms with Gasteiger partial charge in [-0.1, -0.05) is 119 Å². The summed E-state index contributed by atoms with van der Waals surface area (Å²) in [5.41, 5.74) is 9.64. The van der Waals surface area contributed by atoms with E-state index in [2.05, 4.69) is 142 Å². The summed E-state index contributed by atoms with van der Waals surface area (Å²) in [6.07, 6.45) is 12.0. The van der Waals surface area contributed by atoms with Gasteiger partial charge in [0.1, 0.15) is 11.9 Å². The van der Waals surface area contributed by atoms with Gasteiger partial charge in [-0.15, -0.1) is 0 Å². The molecule has 1 aliphatic rings. The van der Waals surface area contributed by atoms with Crippen LogP contribution in [0.15, 0.2) is 103 Å². The SMILES string of the molecule is CC(C)c1cccc(C(C)C)c1NC(C1=CC=CCC=C1)c1nc2c(-c3ccccc3)cccc2n1C. The Hall–Kier alpha value is -3.85. The van der Waals surface area contributed by atoms with Crippen LogP contribution in [0.25, 0.3) is 22.2 Å². The molecule has 1 aromatic heterocycles. The lowest BCUT2D eigenvalue weighted by molar-refractivity contribution is 0.751. The third-order valence-electron chi connectivity index (χ3n) is 7.29. The second-order valence-corrected chi connectivity index (χ2v) is 10.5. The van der Waals surface area contributed by atoms with Crippen LogP contribution in [0.2, 0.25) is 0 Å². The predicted molar refractivity (Wildman–Crippen MR) is 158 cm³/mol. The molecule has 0 saturated carbocycles. The summed E-state index contributed by atoms with van der Waals surface area (Å²) in [4.78, 5) is 5.34. The number of hydrogen-bond acceptors (Lipinski definition) is 2. The molecule has 1 heterocycles. The van der Waals surface area contributed by atoms with Gasteiger partial charge in [-0.25, -0.2) is 4.98 Å². The minimum Gasteiger partial charge on any atom is -0.371 e. The van der Waals surface area contributed by atoms with E-state index in [1.54, 1.807) is 0 Å². The van der Waals surface area contributed by atoms with Crippen LogP contribution in [0.4, 0.5) is 5.69 Å². The molecule has 1 aliphatic carbocycles. The smallest absolute Gasteiger partial charge is 0.136 e. The van der Waals surface area contributed by atoms with Gasteiger partial charge in [0.05, 0.1) is 11.0 Å². The highest BCUT2D eigenvalue weighted by Gasteiger charge is 2.25. The number of para-hydroxylation sites is 2. The number of nitrogens with zero attached hydrogens (tertiary/aromatic N) is 2. The Balaban J connectivity index is 1.72. The fraction of sp³-hybridized carbons (Fsp3) is 0.265. The second-order valence-electron chi connectivity index (χ2n) is 10.5. The minimum absolute atomic E-state index is 0.0996. The van der Waals surface area contributed by atoms with E-state index in [0.717, 1.165) is 28.8 Å². The van der Waals surface area contributed by atoms with E-state index in [9.17, 15) is 0 Å². The number of anilines is 1. The quantitative estimate of drug-likeness (QED) is 0.282. The molecule has 3 heteroatoms. The molecule has 188 valence electrons. The molecule has 0 radical (unpaired) electrons. The highest BCUT2D eigenvalue weighted by molar-refractivity contribution is 5.92. The van der Waals surface area contributed by atoms with Crippen LogP contribution in [0.3, 0.4) is 0 Å². The molecule has 37 heavy (non-hydrogen) atoms. The van der Waals surface area contributed by atoms with Gasteiger partial charge >= 0.3 is 0 Å². The van der Waals surface area contributed by atoms with E-state index in [0.29, 0.717) is 11.8 Å². The van der Waals surface area contributed by atoms with Gasteiger partial charge in [0.25, 0.3) is 0 Å². The van der Waals surface area contributed by atoms with E-state index in [1.807, 2.05) is 0 Å². The van der Waals surface area contributed by atoms with E-state index < -0.39 is 0 Å². The highest BCUT2D eigenvalue weighted by atomic mass is 15.1. The molecule has 0 spiro atoms. The van der Waals surface area contributed by atoms with Crippen LogP contribution in [0.5, 0.6) is 0 Å². The van der Waals surface area contributed by atoms with Gasteiger partial charge in [-0.3, -0.25) is 0 Å². The van der Waals surface area contributed by atoms with Crippen molar-refractivity contribution in [3.05, 3.63) is 120 Å². The third-order valence-corrected chi connectivity index (χ3v) is 7.29. The molecule has 0 fully saturated rings. The molecule has 0 saturated heterocycles. The topological polar surface area (TPSA) is 29.9 Å². The van der Waals surface area contributed by atoms with Crippen molar-refractivity contribution in [2.24, 2.45) is 7.05 Å². The van der Waals surface area contributed by atoms with Crippen molar-refractivity contribution in [2.45, 2.75) is 52.0 Å². The third kappa shape index (κ3) is 4.91. The summed E-state index contributed by atoms with van der Waals surface area (Å²) < 4.78 is 2.26. The molecule has 1 N–H and O–H groups in total. The Morgan fingerprint density at radius 3 is 2.22 bits per heavy atom. The van der Waals surface area contributed by atoms with Gasteiger partial charge in [-0.05, 0) is 46.6 Å². The van der Waals surface area contributed by atoms with Crippen molar-refractivity contribution < 1.29 is 0 Å². The number of benzene rings is 3. The van der Waals surface area contributed by atoms with Crippen LogP contribution >= 0.6 is 0 Å². The molecule has 1 unspecified atom stereocenters. The van der Waals surface area contributed by atoms with Crippen molar-refractivity contribution in [3.8, 4) is 11.1 Å². The molecular weight excluding hydrogens is 450 g/mol. The fourth-order valence-electron chi connectivity index (χ4n) is 5.29. The predicted octanol–water partition coefficient (Wildman–Crippen LogP) is 9.08. The van der Waals surface area contributed by atoms with E-state index in [4.69, 9.17) is 4.98 Å². The van der Waals surface area contributed by atoms with Crippen molar-refractivity contribution in [3.63, 3.8) is 0 Å². The molecule has 0 bridgehead atoms. The summed E-state index contributed by atoms with van der Waals surface area (Å²) in [6, 6.07) is 23.7. The zero-order chi connectivity index (χ0) is 25.9.